The molecule has 2 rings (SSSR count). The Bertz CT molecular complexity index is 607. The SMILES string of the molecule is CC.CC.Cc1c(-c2ccc(O)cc2)c(Cl)n(C)c1C#N. The van der Waals surface area contributed by atoms with Crippen molar-refractivity contribution in [3.05, 3.63) is 40.7 Å². The molecule has 0 aliphatic rings. The molecule has 4 heteroatoms. The number of hydrogen-bond acceptors (Lipinski definition) is 2. The molecule has 0 amide bonds. The summed E-state index contributed by atoms with van der Waals surface area (Å²) in [5, 5.41) is 18.8. The molecule has 0 atom stereocenters. The third-order valence-corrected chi connectivity index (χ3v) is 3.27. The Labute approximate surface area is 132 Å². The molecular weight excluding hydrogens is 284 g/mol. The van der Waals surface area contributed by atoms with Crippen LogP contribution in [0.1, 0.15) is 39.0 Å². The van der Waals surface area contributed by atoms with E-state index in [9.17, 15) is 5.11 Å². The average molecular weight is 307 g/mol. The summed E-state index contributed by atoms with van der Waals surface area (Å²) in [4.78, 5) is 0. The smallest absolute Gasteiger partial charge is 0.124 e. The molecule has 2 aromatic rings. The Balaban J connectivity index is 0.000000921. The molecule has 21 heavy (non-hydrogen) atoms. The molecule has 0 radical (unpaired) electrons. The lowest BCUT2D eigenvalue weighted by atomic mass is 10.0. The number of benzene rings is 1. The first-order chi connectivity index (χ1) is 10.1. The fraction of sp³-hybridized carbons (Fsp3) is 0.353. The quantitative estimate of drug-likeness (QED) is 0.778. The summed E-state index contributed by atoms with van der Waals surface area (Å²) in [6.45, 7) is 9.87. The van der Waals surface area contributed by atoms with Crippen molar-refractivity contribution in [2.45, 2.75) is 34.6 Å². The lowest BCUT2D eigenvalue weighted by Crippen LogP contribution is -1.91. The molecule has 0 aliphatic heterocycles. The molecule has 0 bridgehead atoms. The Morgan fingerprint density at radius 3 is 1.95 bits per heavy atom. The number of halogens is 1. The van der Waals surface area contributed by atoms with Crippen LogP contribution in [0.2, 0.25) is 5.15 Å². The maximum atomic E-state index is 9.26. The van der Waals surface area contributed by atoms with Crippen molar-refractivity contribution in [3.63, 3.8) is 0 Å². The van der Waals surface area contributed by atoms with Gasteiger partial charge in [0.2, 0.25) is 0 Å². The van der Waals surface area contributed by atoms with Crippen LogP contribution in [-0.2, 0) is 7.05 Å². The molecular formula is C17H23ClN2O. The first-order valence-corrected chi connectivity index (χ1v) is 7.48. The van der Waals surface area contributed by atoms with Crippen LogP contribution in [0.15, 0.2) is 24.3 Å². The highest BCUT2D eigenvalue weighted by molar-refractivity contribution is 6.32. The Hall–Kier alpha value is -1.92. The van der Waals surface area contributed by atoms with Gasteiger partial charge in [0.05, 0.1) is 0 Å². The molecule has 3 nitrogen and oxygen atoms in total. The summed E-state index contributed by atoms with van der Waals surface area (Å²) in [6.07, 6.45) is 0. The molecule has 0 spiro atoms. The van der Waals surface area contributed by atoms with Crippen LogP contribution < -0.4 is 0 Å². The van der Waals surface area contributed by atoms with Crippen LogP contribution in [0.3, 0.4) is 0 Å². The molecule has 0 saturated carbocycles. The van der Waals surface area contributed by atoms with Gasteiger partial charge in [0.15, 0.2) is 0 Å². The fourth-order valence-corrected chi connectivity index (χ4v) is 2.25. The highest BCUT2D eigenvalue weighted by Gasteiger charge is 2.17. The van der Waals surface area contributed by atoms with E-state index in [2.05, 4.69) is 6.07 Å². The predicted molar refractivity (Wildman–Crippen MR) is 89.7 cm³/mol. The van der Waals surface area contributed by atoms with E-state index in [4.69, 9.17) is 16.9 Å². The molecule has 114 valence electrons. The van der Waals surface area contributed by atoms with Gasteiger partial charge in [-0.15, -0.1) is 0 Å². The van der Waals surface area contributed by atoms with E-state index in [0.29, 0.717) is 10.8 Å². The van der Waals surface area contributed by atoms with Gasteiger partial charge < -0.3 is 9.67 Å². The molecule has 0 aliphatic carbocycles. The number of phenolic OH excluding ortho intramolecular Hbond substituents is 1. The summed E-state index contributed by atoms with van der Waals surface area (Å²) < 4.78 is 1.67. The Kier molecular flexibility index (Phi) is 8.26. The third kappa shape index (κ3) is 4.03. The predicted octanol–water partition coefficient (Wildman–Crippen LogP) is 5.28. The minimum atomic E-state index is 0.207. The van der Waals surface area contributed by atoms with E-state index in [-0.39, 0.29) is 5.75 Å². The zero-order valence-corrected chi connectivity index (χ0v) is 14.3. The molecule has 1 aromatic heterocycles. The Morgan fingerprint density at radius 2 is 1.57 bits per heavy atom. The van der Waals surface area contributed by atoms with Crippen LogP contribution >= 0.6 is 11.6 Å². The van der Waals surface area contributed by atoms with Gasteiger partial charge in [0.25, 0.3) is 0 Å². The second kappa shape index (κ2) is 9.10. The highest BCUT2D eigenvalue weighted by atomic mass is 35.5. The summed E-state index contributed by atoms with van der Waals surface area (Å²) in [5.74, 6) is 0.207. The van der Waals surface area contributed by atoms with E-state index < -0.39 is 0 Å². The third-order valence-electron chi connectivity index (χ3n) is 2.83. The minimum absolute atomic E-state index is 0.207. The maximum absolute atomic E-state index is 9.26. The topological polar surface area (TPSA) is 49.0 Å². The van der Waals surface area contributed by atoms with Crippen molar-refractivity contribution in [2.24, 2.45) is 7.05 Å². The van der Waals surface area contributed by atoms with E-state index in [1.54, 1.807) is 35.9 Å². The average Bonchev–Trinajstić information content (AvgIpc) is 2.74. The van der Waals surface area contributed by atoms with Gasteiger partial charge in [-0.2, -0.15) is 5.26 Å². The molecule has 0 fully saturated rings. The monoisotopic (exact) mass is 306 g/mol. The molecule has 0 unspecified atom stereocenters. The zero-order valence-electron chi connectivity index (χ0n) is 13.5. The Morgan fingerprint density at radius 1 is 1.10 bits per heavy atom. The second-order valence-corrected chi connectivity index (χ2v) is 4.22. The van der Waals surface area contributed by atoms with E-state index in [1.165, 1.54) is 0 Å². The van der Waals surface area contributed by atoms with Gasteiger partial charge in [-0.05, 0) is 30.2 Å². The number of phenols is 1. The zero-order chi connectivity index (χ0) is 16.6. The van der Waals surface area contributed by atoms with Crippen molar-refractivity contribution in [1.82, 2.24) is 4.57 Å². The van der Waals surface area contributed by atoms with Crippen LogP contribution in [0.25, 0.3) is 11.1 Å². The number of hydrogen-bond donors (Lipinski definition) is 1. The number of aromatic nitrogens is 1. The van der Waals surface area contributed by atoms with Gasteiger partial charge in [-0.3, -0.25) is 0 Å². The fourth-order valence-electron chi connectivity index (χ4n) is 1.91. The lowest BCUT2D eigenvalue weighted by Gasteiger charge is -2.02. The van der Waals surface area contributed by atoms with Crippen LogP contribution in [0, 0.1) is 18.3 Å². The van der Waals surface area contributed by atoms with Gasteiger partial charge in [-0.25, -0.2) is 0 Å². The molecule has 1 aromatic carbocycles. The molecule has 1 N–H and O–H groups in total. The largest absolute Gasteiger partial charge is 0.508 e. The van der Waals surface area contributed by atoms with Crippen molar-refractivity contribution in [3.8, 4) is 22.9 Å². The van der Waals surface area contributed by atoms with Crippen LogP contribution in [-0.4, -0.2) is 9.67 Å². The van der Waals surface area contributed by atoms with Gasteiger partial charge in [-0.1, -0.05) is 51.4 Å². The highest BCUT2D eigenvalue weighted by Crippen LogP contribution is 2.35. The summed E-state index contributed by atoms with van der Waals surface area (Å²) in [7, 11) is 1.76. The first-order valence-electron chi connectivity index (χ1n) is 7.10. The van der Waals surface area contributed by atoms with Crippen molar-refractivity contribution in [1.29, 1.82) is 5.26 Å². The summed E-state index contributed by atoms with van der Waals surface area (Å²) in [6, 6.07) is 8.90. The standard InChI is InChI=1S/C13H11ClN2O.2C2H6/c1-8-11(7-15)16(2)13(14)12(8)9-3-5-10(17)6-4-9;2*1-2/h3-6,17H,1-2H3;2*1-2H3. The van der Waals surface area contributed by atoms with Crippen molar-refractivity contribution < 1.29 is 5.11 Å². The number of nitrogens with zero attached hydrogens (tertiary/aromatic N) is 2. The number of rotatable bonds is 1. The molecule has 0 saturated heterocycles. The summed E-state index contributed by atoms with van der Waals surface area (Å²) >= 11 is 6.22. The van der Waals surface area contributed by atoms with Crippen molar-refractivity contribution in [2.75, 3.05) is 0 Å². The lowest BCUT2D eigenvalue weighted by molar-refractivity contribution is 0.475. The van der Waals surface area contributed by atoms with Gasteiger partial charge in [0.1, 0.15) is 22.7 Å². The van der Waals surface area contributed by atoms with Crippen LogP contribution in [0.4, 0.5) is 0 Å². The maximum Gasteiger partial charge on any atom is 0.124 e. The van der Waals surface area contributed by atoms with E-state index in [1.807, 2.05) is 34.6 Å². The molecule has 1 heterocycles. The van der Waals surface area contributed by atoms with E-state index >= 15 is 0 Å². The minimum Gasteiger partial charge on any atom is -0.508 e. The summed E-state index contributed by atoms with van der Waals surface area (Å²) in [5.41, 5.74) is 3.14. The van der Waals surface area contributed by atoms with Gasteiger partial charge >= 0.3 is 0 Å². The normalized spacial score (nSPS) is 8.86. The number of aromatic hydroxyl groups is 1. The van der Waals surface area contributed by atoms with Crippen molar-refractivity contribution >= 4 is 11.6 Å². The first kappa shape index (κ1) is 19.1. The van der Waals surface area contributed by atoms with E-state index in [0.717, 1.165) is 16.7 Å². The van der Waals surface area contributed by atoms with Gasteiger partial charge in [0, 0.05) is 12.6 Å². The van der Waals surface area contributed by atoms with Crippen LogP contribution in [0.5, 0.6) is 5.75 Å². The second-order valence-electron chi connectivity index (χ2n) is 3.86. The number of nitriles is 1.